The number of rotatable bonds is 5. The van der Waals surface area contributed by atoms with E-state index in [-0.39, 0.29) is 30.7 Å². The zero-order valence-corrected chi connectivity index (χ0v) is 9.87. The van der Waals surface area contributed by atoms with E-state index < -0.39 is 5.82 Å². The molecule has 0 aliphatic rings. The van der Waals surface area contributed by atoms with Gasteiger partial charge in [0.05, 0.1) is 20.1 Å². The van der Waals surface area contributed by atoms with Gasteiger partial charge in [-0.3, -0.25) is 4.79 Å². The molecule has 0 saturated carbocycles. The van der Waals surface area contributed by atoms with Crippen molar-refractivity contribution in [3.05, 3.63) is 29.6 Å². The molecule has 0 aliphatic heterocycles. The average molecular weight is 241 g/mol. The van der Waals surface area contributed by atoms with Crippen LogP contribution < -0.4 is 10.1 Å². The molecule has 0 radical (unpaired) electrons. The van der Waals surface area contributed by atoms with Gasteiger partial charge in [0.15, 0.2) is 11.6 Å². The Morgan fingerprint density at radius 1 is 1.59 bits per heavy atom. The van der Waals surface area contributed by atoms with Gasteiger partial charge in [0.25, 0.3) is 0 Å². The third-order valence-electron chi connectivity index (χ3n) is 2.26. The second-order valence-corrected chi connectivity index (χ2v) is 3.80. The van der Waals surface area contributed by atoms with Crippen LogP contribution in [0.25, 0.3) is 0 Å². The predicted octanol–water partition coefficient (Wildman–Crippen LogP) is 0.874. The van der Waals surface area contributed by atoms with Crippen LogP contribution in [0.2, 0.25) is 0 Å². The van der Waals surface area contributed by atoms with E-state index in [9.17, 15) is 9.18 Å². The van der Waals surface area contributed by atoms with E-state index in [0.717, 1.165) is 0 Å². The summed E-state index contributed by atoms with van der Waals surface area (Å²) in [5, 5.41) is 11.4. The van der Waals surface area contributed by atoms with E-state index in [1.165, 1.54) is 19.2 Å². The fourth-order valence-electron chi connectivity index (χ4n) is 1.38. The van der Waals surface area contributed by atoms with Crippen LogP contribution in [0.4, 0.5) is 4.39 Å². The number of halogens is 1. The summed E-state index contributed by atoms with van der Waals surface area (Å²) in [4.78, 5) is 11.5. The van der Waals surface area contributed by atoms with Crippen LogP contribution in [-0.2, 0) is 11.2 Å². The van der Waals surface area contributed by atoms with Crippen molar-refractivity contribution < 1.29 is 19.0 Å². The molecule has 2 N–H and O–H groups in total. The van der Waals surface area contributed by atoms with E-state index in [1.54, 1.807) is 13.0 Å². The average Bonchev–Trinajstić information content (AvgIpc) is 2.29. The van der Waals surface area contributed by atoms with Crippen LogP contribution in [-0.4, -0.2) is 30.8 Å². The first-order valence-electron chi connectivity index (χ1n) is 5.29. The normalized spacial score (nSPS) is 12.0. The molecular weight excluding hydrogens is 225 g/mol. The number of benzene rings is 1. The van der Waals surface area contributed by atoms with Crippen LogP contribution in [0.5, 0.6) is 5.75 Å². The van der Waals surface area contributed by atoms with Crippen molar-refractivity contribution in [2.45, 2.75) is 19.4 Å². The molecule has 0 aliphatic carbocycles. The van der Waals surface area contributed by atoms with Gasteiger partial charge < -0.3 is 15.2 Å². The van der Waals surface area contributed by atoms with Crippen molar-refractivity contribution >= 4 is 5.91 Å². The molecule has 94 valence electrons. The summed E-state index contributed by atoms with van der Waals surface area (Å²) >= 11 is 0. The van der Waals surface area contributed by atoms with Gasteiger partial charge in [0.2, 0.25) is 5.91 Å². The second-order valence-electron chi connectivity index (χ2n) is 3.80. The minimum atomic E-state index is -0.493. The molecule has 0 heterocycles. The summed E-state index contributed by atoms with van der Waals surface area (Å²) in [5.74, 6) is -0.595. The Labute approximate surface area is 99.4 Å². The topological polar surface area (TPSA) is 58.6 Å². The van der Waals surface area contributed by atoms with Crippen LogP contribution in [0.1, 0.15) is 12.5 Å². The number of amides is 1. The van der Waals surface area contributed by atoms with Gasteiger partial charge >= 0.3 is 0 Å². The van der Waals surface area contributed by atoms with Crippen molar-refractivity contribution in [2.24, 2.45) is 0 Å². The SMILES string of the molecule is COc1ccc(CC(=O)N[C@H](C)CO)cc1F. The van der Waals surface area contributed by atoms with E-state index in [1.807, 2.05) is 0 Å². The van der Waals surface area contributed by atoms with Crippen molar-refractivity contribution in [2.75, 3.05) is 13.7 Å². The van der Waals surface area contributed by atoms with Gasteiger partial charge in [-0.25, -0.2) is 4.39 Å². The Kier molecular flexibility index (Phi) is 4.90. The lowest BCUT2D eigenvalue weighted by atomic mass is 10.1. The maximum atomic E-state index is 13.3. The molecule has 0 fully saturated rings. The van der Waals surface area contributed by atoms with E-state index in [2.05, 4.69) is 5.32 Å². The van der Waals surface area contributed by atoms with Gasteiger partial charge in [0, 0.05) is 6.04 Å². The number of carbonyl (C=O) groups is 1. The molecule has 1 aromatic rings. The molecular formula is C12H16FNO3. The molecule has 0 saturated heterocycles. The summed E-state index contributed by atoms with van der Waals surface area (Å²) in [7, 11) is 1.38. The highest BCUT2D eigenvalue weighted by Gasteiger charge is 2.09. The number of aliphatic hydroxyl groups excluding tert-OH is 1. The Morgan fingerprint density at radius 2 is 2.29 bits per heavy atom. The number of nitrogens with one attached hydrogen (secondary N) is 1. The minimum Gasteiger partial charge on any atom is -0.494 e. The zero-order valence-electron chi connectivity index (χ0n) is 9.87. The molecule has 4 nitrogen and oxygen atoms in total. The van der Waals surface area contributed by atoms with Crippen LogP contribution in [0, 0.1) is 5.82 Å². The third kappa shape index (κ3) is 4.03. The highest BCUT2D eigenvalue weighted by Crippen LogP contribution is 2.17. The van der Waals surface area contributed by atoms with E-state index in [4.69, 9.17) is 9.84 Å². The number of methoxy groups -OCH3 is 1. The quantitative estimate of drug-likeness (QED) is 0.804. The van der Waals surface area contributed by atoms with Gasteiger partial charge in [-0.1, -0.05) is 6.07 Å². The van der Waals surface area contributed by atoms with Crippen LogP contribution in [0.15, 0.2) is 18.2 Å². The van der Waals surface area contributed by atoms with Gasteiger partial charge in [-0.2, -0.15) is 0 Å². The second kappa shape index (κ2) is 6.20. The molecule has 17 heavy (non-hydrogen) atoms. The molecule has 0 bridgehead atoms. The Hall–Kier alpha value is -1.62. The summed E-state index contributed by atoms with van der Waals surface area (Å²) in [6.07, 6.45) is 0.0747. The van der Waals surface area contributed by atoms with Crippen molar-refractivity contribution in [3.63, 3.8) is 0 Å². The largest absolute Gasteiger partial charge is 0.494 e. The summed E-state index contributed by atoms with van der Waals surface area (Å²) < 4.78 is 18.1. The van der Waals surface area contributed by atoms with Crippen molar-refractivity contribution in [3.8, 4) is 5.75 Å². The lowest BCUT2D eigenvalue weighted by Gasteiger charge is -2.11. The smallest absolute Gasteiger partial charge is 0.224 e. The zero-order chi connectivity index (χ0) is 12.8. The number of carbonyl (C=O) groups excluding carboxylic acids is 1. The number of hydrogen-bond donors (Lipinski definition) is 2. The first-order valence-corrected chi connectivity index (χ1v) is 5.29. The lowest BCUT2D eigenvalue weighted by Crippen LogP contribution is -2.35. The first kappa shape index (κ1) is 13.4. The molecule has 1 amide bonds. The van der Waals surface area contributed by atoms with Crippen molar-refractivity contribution in [1.29, 1.82) is 0 Å². The molecule has 0 aromatic heterocycles. The van der Waals surface area contributed by atoms with Crippen LogP contribution in [0.3, 0.4) is 0 Å². The van der Waals surface area contributed by atoms with Gasteiger partial charge in [-0.15, -0.1) is 0 Å². The monoisotopic (exact) mass is 241 g/mol. The molecule has 0 spiro atoms. The van der Waals surface area contributed by atoms with E-state index in [0.29, 0.717) is 5.56 Å². The van der Waals surface area contributed by atoms with Crippen molar-refractivity contribution in [1.82, 2.24) is 5.32 Å². The minimum absolute atomic E-state index is 0.0747. The number of aliphatic hydroxyl groups is 1. The van der Waals surface area contributed by atoms with Gasteiger partial charge in [0.1, 0.15) is 0 Å². The highest BCUT2D eigenvalue weighted by atomic mass is 19.1. The lowest BCUT2D eigenvalue weighted by molar-refractivity contribution is -0.121. The summed E-state index contributed by atoms with van der Waals surface area (Å²) in [6.45, 7) is 1.56. The maximum absolute atomic E-state index is 13.3. The fraction of sp³-hybridized carbons (Fsp3) is 0.417. The Morgan fingerprint density at radius 3 is 2.82 bits per heavy atom. The molecule has 1 atom stereocenters. The standard InChI is InChI=1S/C12H16FNO3/c1-8(7-15)14-12(16)6-9-3-4-11(17-2)10(13)5-9/h3-5,8,15H,6-7H2,1-2H3,(H,14,16)/t8-/m1/s1. The molecule has 1 rings (SSSR count). The summed E-state index contributed by atoms with van der Waals surface area (Å²) in [5.41, 5.74) is 0.561. The number of hydrogen-bond acceptors (Lipinski definition) is 3. The molecule has 5 heteroatoms. The molecule has 1 aromatic carbocycles. The van der Waals surface area contributed by atoms with E-state index >= 15 is 0 Å². The van der Waals surface area contributed by atoms with Gasteiger partial charge in [-0.05, 0) is 24.6 Å². The highest BCUT2D eigenvalue weighted by molar-refractivity contribution is 5.78. The third-order valence-corrected chi connectivity index (χ3v) is 2.26. The predicted molar refractivity (Wildman–Crippen MR) is 61.3 cm³/mol. The maximum Gasteiger partial charge on any atom is 0.224 e. The summed E-state index contributed by atoms with van der Waals surface area (Å²) in [6, 6.07) is 4.08. The first-order chi connectivity index (χ1) is 8.06. The number of ether oxygens (including phenoxy) is 1. The molecule has 0 unspecified atom stereocenters. The fourth-order valence-corrected chi connectivity index (χ4v) is 1.38. The van der Waals surface area contributed by atoms with Crippen LogP contribution >= 0.6 is 0 Å². The Bertz CT molecular complexity index is 395. The Balaban J connectivity index is 2.63.